The van der Waals surface area contributed by atoms with Crippen LogP contribution in [0.3, 0.4) is 0 Å². The van der Waals surface area contributed by atoms with Crippen LogP contribution in [-0.4, -0.2) is 9.97 Å². The molecule has 1 heterocycles. The van der Waals surface area contributed by atoms with E-state index in [0.717, 1.165) is 6.54 Å². The third-order valence-electron chi connectivity index (χ3n) is 2.22. The zero-order chi connectivity index (χ0) is 8.60. The molecular weight excluding hydrogens is 261 g/mol. The lowest BCUT2D eigenvalue weighted by molar-refractivity contribution is 0.683. The van der Waals surface area contributed by atoms with Crippen molar-refractivity contribution in [2.75, 3.05) is 11.9 Å². The van der Waals surface area contributed by atoms with Gasteiger partial charge in [-0.2, -0.15) is 0 Å². The van der Waals surface area contributed by atoms with Crippen LogP contribution >= 0.6 is 22.6 Å². The van der Waals surface area contributed by atoms with Crippen LogP contribution in [0.4, 0.5) is 5.69 Å². The first-order valence-corrected chi connectivity index (χ1v) is 5.26. The molecule has 0 amide bonds. The molecule has 0 spiro atoms. The predicted octanol–water partition coefficient (Wildman–Crippen LogP) is 2.85. The van der Waals surface area contributed by atoms with Crippen LogP contribution in [0.2, 0.25) is 0 Å². The summed E-state index contributed by atoms with van der Waals surface area (Å²) in [4.78, 5) is 0. The molecule has 1 unspecified atom stereocenters. The molecule has 2 rings (SSSR count). The third-order valence-corrected chi connectivity index (χ3v) is 2.99. The molecule has 0 radical (unpaired) electrons. The van der Waals surface area contributed by atoms with E-state index >= 15 is 0 Å². The van der Waals surface area contributed by atoms with Crippen molar-refractivity contribution >= 4 is 28.3 Å². The molecule has 1 nitrogen and oxygen atoms in total. The fraction of sp³-hybridized carbons (Fsp3) is 0.400. The van der Waals surface area contributed by atoms with Gasteiger partial charge in [0.25, 0.3) is 0 Å². The van der Waals surface area contributed by atoms with Gasteiger partial charge in [-0.25, -0.2) is 0 Å². The first-order valence-electron chi connectivity index (χ1n) is 4.18. The molecule has 1 aromatic carbocycles. The van der Waals surface area contributed by atoms with Crippen LogP contribution in [0.5, 0.6) is 0 Å². The largest absolute Gasteiger partial charge is 0.383 e. The molecule has 0 fully saturated rings. The number of alkyl halides is 1. The Hall–Kier alpha value is -0.250. The van der Waals surface area contributed by atoms with E-state index < -0.39 is 0 Å². The first kappa shape index (κ1) is 8.35. The Bertz CT molecular complexity index is 294. The van der Waals surface area contributed by atoms with Crippen LogP contribution in [0.25, 0.3) is 0 Å². The molecule has 64 valence electrons. The smallest absolute Gasteiger partial charge is 0.0407 e. The monoisotopic (exact) mass is 273 g/mol. The van der Waals surface area contributed by atoms with Gasteiger partial charge in [-0.1, -0.05) is 40.8 Å². The Morgan fingerprint density at radius 2 is 2.17 bits per heavy atom. The van der Waals surface area contributed by atoms with Crippen molar-refractivity contribution in [3.63, 3.8) is 0 Å². The van der Waals surface area contributed by atoms with Gasteiger partial charge in [0, 0.05) is 15.7 Å². The number of anilines is 1. The molecule has 1 aliphatic heterocycles. The van der Waals surface area contributed by atoms with Gasteiger partial charge in [0.1, 0.15) is 0 Å². The molecule has 12 heavy (non-hydrogen) atoms. The van der Waals surface area contributed by atoms with Crippen molar-refractivity contribution in [2.24, 2.45) is 0 Å². The van der Waals surface area contributed by atoms with Gasteiger partial charge in [-0.05, 0) is 25.0 Å². The lowest BCUT2D eigenvalue weighted by Gasteiger charge is -2.30. The molecule has 0 aliphatic carbocycles. The molecule has 0 saturated heterocycles. The van der Waals surface area contributed by atoms with E-state index in [4.69, 9.17) is 0 Å². The summed E-state index contributed by atoms with van der Waals surface area (Å²) in [6.07, 6.45) is 1.18. The van der Waals surface area contributed by atoms with Crippen LogP contribution in [0.1, 0.15) is 12.5 Å². The summed E-state index contributed by atoms with van der Waals surface area (Å²) < 4.78 is 0.381. The van der Waals surface area contributed by atoms with Crippen molar-refractivity contribution in [3.8, 4) is 0 Å². The highest BCUT2D eigenvalue weighted by Gasteiger charge is 2.25. The van der Waals surface area contributed by atoms with Crippen LogP contribution in [-0.2, 0) is 6.42 Å². The average molecular weight is 273 g/mol. The van der Waals surface area contributed by atoms with Gasteiger partial charge < -0.3 is 5.32 Å². The first-order chi connectivity index (χ1) is 5.67. The summed E-state index contributed by atoms with van der Waals surface area (Å²) in [5.74, 6) is 0. The summed E-state index contributed by atoms with van der Waals surface area (Å²) in [5.41, 5.74) is 2.76. The maximum Gasteiger partial charge on any atom is 0.0407 e. The minimum absolute atomic E-state index is 0.381. The lowest BCUT2D eigenvalue weighted by atomic mass is 9.96. The van der Waals surface area contributed by atoms with Gasteiger partial charge >= 0.3 is 0 Å². The van der Waals surface area contributed by atoms with E-state index in [1.54, 1.807) is 0 Å². The van der Waals surface area contributed by atoms with Gasteiger partial charge in [0.2, 0.25) is 0 Å². The van der Waals surface area contributed by atoms with Crippen molar-refractivity contribution in [1.29, 1.82) is 0 Å². The number of halogens is 1. The number of benzene rings is 1. The van der Waals surface area contributed by atoms with E-state index in [1.807, 2.05) is 0 Å². The highest BCUT2D eigenvalue weighted by atomic mass is 127. The minimum atomic E-state index is 0.381. The number of rotatable bonds is 0. The molecule has 1 N–H and O–H groups in total. The Balaban J connectivity index is 2.35. The standard InChI is InChI=1S/C10H12IN/c1-10(11)6-8-4-2-3-5-9(8)12-7-10/h2-5,12H,6-7H2,1H3. The van der Waals surface area contributed by atoms with E-state index in [1.165, 1.54) is 17.7 Å². The van der Waals surface area contributed by atoms with Gasteiger partial charge in [-0.3, -0.25) is 0 Å². The van der Waals surface area contributed by atoms with Crippen LogP contribution < -0.4 is 5.32 Å². The van der Waals surface area contributed by atoms with Gasteiger partial charge in [-0.15, -0.1) is 0 Å². The molecule has 2 heteroatoms. The zero-order valence-electron chi connectivity index (χ0n) is 7.10. The molecule has 1 atom stereocenters. The van der Waals surface area contributed by atoms with Gasteiger partial charge in [0.15, 0.2) is 0 Å². The second-order valence-corrected chi connectivity index (χ2v) is 6.21. The molecule has 1 aliphatic rings. The SMILES string of the molecule is CC1(I)CNc2ccccc2C1. The second kappa shape index (κ2) is 2.91. The van der Waals surface area contributed by atoms with Gasteiger partial charge in [0.05, 0.1) is 0 Å². The number of hydrogen-bond donors (Lipinski definition) is 1. The van der Waals surface area contributed by atoms with E-state index in [-0.39, 0.29) is 0 Å². The summed E-state index contributed by atoms with van der Waals surface area (Å²) in [5, 5.41) is 3.45. The molecular formula is C10H12IN. The van der Waals surface area contributed by atoms with E-state index in [9.17, 15) is 0 Å². The number of para-hydroxylation sites is 1. The average Bonchev–Trinajstić information content (AvgIpc) is 2.02. The summed E-state index contributed by atoms with van der Waals surface area (Å²) in [7, 11) is 0. The fourth-order valence-electron chi connectivity index (χ4n) is 1.59. The van der Waals surface area contributed by atoms with Crippen molar-refractivity contribution in [3.05, 3.63) is 29.8 Å². The Kier molecular flexibility index (Phi) is 2.02. The summed E-state index contributed by atoms with van der Waals surface area (Å²) in [6.45, 7) is 3.36. The lowest BCUT2D eigenvalue weighted by Crippen LogP contribution is -2.33. The fourth-order valence-corrected chi connectivity index (χ4v) is 2.19. The highest BCUT2D eigenvalue weighted by Crippen LogP contribution is 2.32. The second-order valence-electron chi connectivity index (χ2n) is 3.60. The van der Waals surface area contributed by atoms with Crippen molar-refractivity contribution in [1.82, 2.24) is 0 Å². The van der Waals surface area contributed by atoms with E-state index in [0.29, 0.717) is 3.42 Å². The Labute approximate surface area is 86.7 Å². The summed E-state index contributed by atoms with van der Waals surface area (Å²) in [6, 6.07) is 8.56. The van der Waals surface area contributed by atoms with Crippen molar-refractivity contribution < 1.29 is 0 Å². The number of nitrogens with one attached hydrogen (secondary N) is 1. The maximum atomic E-state index is 3.45. The number of hydrogen-bond acceptors (Lipinski definition) is 1. The maximum absolute atomic E-state index is 3.45. The highest BCUT2D eigenvalue weighted by molar-refractivity contribution is 14.1. The minimum Gasteiger partial charge on any atom is -0.383 e. The predicted molar refractivity (Wildman–Crippen MR) is 61.1 cm³/mol. The molecule has 1 aromatic rings. The van der Waals surface area contributed by atoms with Crippen LogP contribution in [0, 0.1) is 0 Å². The van der Waals surface area contributed by atoms with Crippen molar-refractivity contribution in [2.45, 2.75) is 16.8 Å². The quantitative estimate of drug-likeness (QED) is 0.566. The topological polar surface area (TPSA) is 12.0 Å². The van der Waals surface area contributed by atoms with Crippen LogP contribution in [0.15, 0.2) is 24.3 Å². The normalized spacial score (nSPS) is 27.5. The molecule has 0 aromatic heterocycles. The Morgan fingerprint density at radius 3 is 3.00 bits per heavy atom. The third kappa shape index (κ3) is 1.58. The van der Waals surface area contributed by atoms with E-state index in [2.05, 4.69) is 59.1 Å². The number of fused-ring (bicyclic) bond motifs is 1. The molecule has 0 saturated carbocycles. The molecule has 0 bridgehead atoms. The Morgan fingerprint density at radius 1 is 1.42 bits per heavy atom. The zero-order valence-corrected chi connectivity index (χ0v) is 9.26. The summed E-state index contributed by atoms with van der Waals surface area (Å²) >= 11 is 2.53.